The SMILES string of the molecule is CCN(C)C=Nc1cc(C)c(Oc2nc(C(C)(C)C)c(Cl)s2)cc1C. The van der Waals surface area contributed by atoms with E-state index in [1.165, 1.54) is 11.3 Å². The van der Waals surface area contributed by atoms with Gasteiger partial charge in [-0.3, -0.25) is 0 Å². The minimum absolute atomic E-state index is 0.107. The van der Waals surface area contributed by atoms with Crippen LogP contribution >= 0.6 is 22.9 Å². The van der Waals surface area contributed by atoms with Gasteiger partial charge in [0, 0.05) is 19.0 Å². The molecule has 0 amide bonds. The summed E-state index contributed by atoms with van der Waals surface area (Å²) in [7, 11) is 2.00. The van der Waals surface area contributed by atoms with E-state index >= 15 is 0 Å². The Kier molecular flexibility index (Phi) is 6.12. The van der Waals surface area contributed by atoms with E-state index in [9.17, 15) is 0 Å². The molecule has 0 fully saturated rings. The highest BCUT2D eigenvalue weighted by Crippen LogP contribution is 2.39. The van der Waals surface area contributed by atoms with Crippen molar-refractivity contribution in [3.05, 3.63) is 33.3 Å². The number of aryl methyl sites for hydroxylation is 2. The van der Waals surface area contributed by atoms with Crippen molar-refractivity contribution in [2.45, 2.75) is 47.0 Å². The molecule has 0 aliphatic carbocycles. The van der Waals surface area contributed by atoms with Crippen molar-refractivity contribution in [1.29, 1.82) is 0 Å². The number of hydrogen-bond acceptors (Lipinski definition) is 4. The molecule has 4 nitrogen and oxygen atoms in total. The molecule has 136 valence electrons. The number of benzene rings is 1. The molecule has 0 saturated heterocycles. The van der Waals surface area contributed by atoms with Gasteiger partial charge in [0.2, 0.25) is 0 Å². The van der Waals surface area contributed by atoms with Gasteiger partial charge in [-0.25, -0.2) is 9.98 Å². The number of thiazole rings is 1. The molecule has 0 unspecified atom stereocenters. The van der Waals surface area contributed by atoms with Gasteiger partial charge in [-0.05, 0) is 44.0 Å². The Morgan fingerprint density at radius 3 is 2.52 bits per heavy atom. The fourth-order valence-electron chi connectivity index (χ4n) is 2.15. The van der Waals surface area contributed by atoms with E-state index in [1.807, 2.05) is 44.3 Å². The molecule has 0 N–H and O–H groups in total. The summed E-state index contributed by atoms with van der Waals surface area (Å²) in [5.41, 5.74) is 3.77. The number of nitrogens with zero attached hydrogens (tertiary/aromatic N) is 3. The van der Waals surface area contributed by atoms with Crippen LogP contribution in [0, 0.1) is 13.8 Å². The molecular formula is C19H26ClN3OS. The van der Waals surface area contributed by atoms with Crippen molar-refractivity contribution < 1.29 is 4.74 Å². The molecular weight excluding hydrogens is 354 g/mol. The lowest BCUT2D eigenvalue weighted by molar-refractivity contribution is 0.466. The van der Waals surface area contributed by atoms with Gasteiger partial charge in [0.1, 0.15) is 10.1 Å². The summed E-state index contributed by atoms with van der Waals surface area (Å²) in [6, 6.07) is 4.03. The van der Waals surface area contributed by atoms with E-state index in [4.69, 9.17) is 16.3 Å². The van der Waals surface area contributed by atoms with Crippen LogP contribution in [0.15, 0.2) is 17.1 Å². The van der Waals surface area contributed by atoms with Crippen molar-refractivity contribution in [1.82, 2.24) is 9.88 Å². The third kappa shape index (κ3) is 4.95. The predicted molar refractivity (Wildman–Crippen MR) is 108 cm³/mol. The van der Waals surface area contributed by atoms with Crippen molar-refractivity contribution in [2.24, 2.45) is 4.99 Å². The van der Waals surface area contributed by atoms with Crippen LogP contribution in [0.3, 0.4) is 0 Å². The summed E-state index contributed by atoms with van der Waals surface area (Å²) >= 11 is 7.70. The van der Waals surface area contributed by atoms with Crippen molar-refractivity contribution in [3.63, 3.8) is 0 Å². The zero-order chi connectivity index (χ0) is 18.8. The minimum atomic E-state index is -0.107. The van der Waals surface area contributed by atoms with Crippen LogP contribution in [-0.4, -0.2) is 29.8 Å². The van der Waals surface area contributed by atoms with Gasteiger partial charge in [0.15, 0.2) is 0 Å². The fourth-order valence-corrected chi connectivity index (χ4v) is 3.54. The molecule has 6 heteroatoms. The number of aliphatic imine (C=N–C) groups is 1. The standard InChI is InChI=1S/C19H26ClN3OS/c1-8-23(7)11-21-14-9-13(3)15(10-12(14)2)24-18-22-16(17(20)25-18)19(4,5)6/h9-11H,8H2,1-7H3. The average molecular weight is 380 g/mol. The Morgan fingerprint density at radius 1 is 1.28 bits per heavy atom. The first-order valence-corrected chi connectivity index (χ1v) is 9.51. The lowest BCUT2D eigenvalue weighted by Gasteiger charge is -2.15. The Balaban J connectivity index is 2.27. The van der Waals surface area contributed by atoms with E-state index in [0.29, 0.717) is 9.53 Å². The van der Waals surface area contributed by atoms with Crippen molar-refractivity contribution in [3.8, 4) is 10.9 Å². The highest BCUT2D eigenvalue weighted by molar-refractivity contribution is 7.17. The maximum absolute atomic E-state index is 6.33. The average Bonchev–Trinajstić information content (AvgIpc) is 2.89. The Labute approximate surface area is 159 Å². The van der Waals surface area contributed by atoms with Crippen LogP contribution in [0.4, 0.5) is 5.69 Å². The molecule has 1 aromatic heterocycles. The van der Waals surface area contributed by atoms with Crippen LogP contribution in [0.5, 0.6) is 10.9 Å². The molecule has 0 aliphatic heterocycles. The van der Waals surface area contributed by atoms with Gasteiger partial charge in [-0.15, -0.1) is 0 Å². The second kappa shape index (κ2) is 7.75. The third-order valence-corrected chi connectivity index (χ3v) is 4.99. The fraction of sp³-hybridized carbons (Fsp3) is 0.474. The zero-order valence-corrected chi connectivity index (χ0v) is 17.5. The Morgan fingerprint density at radius 2 is 1.96 bits per heavy atom. The van der Waals surface area contributed by atoms with Gasteiger partial charge in [-0.2, -0.15) is 0 Å². The van der Waals surface area contributed by atoms with E-state index in [2.05, 4.69) is 37.7 Å². The van der Waals surface area contributed by atoms with Crippen LogP contribution in [0.2, 0.25) is 4.34 Å². The van der Waals surface area contributed by atoms with E-state index in [1.54, 1.807) is 0 Å². The van der Waals surface area contributed by atoms with E-state index < -0.39 is 0 Å². The molecule has 0 atom stereocenters. The van der Waals surface area contributed by atoms with E-state index in [-0.39, 0.29) is 5.41 Å². The number of ether oxygens (including phenoxy) is 1. The molecule has 1 heterocycles. The zero-order valence-electron chi connectivity index (χ0n) is 16.0. The molecule has 1 aromatic carbocycles. The molecule has 0 spiro atoms. The molecule has 0 bridgehead atoms. The number of aromatic nitrogens is 1. The second-order valence-corrected chi connectivity index (χ2v) is 8.74. The summed E-state index contributed by atoms with van der Waals surface area (Å²) in [6.07, 6.45) is 1.85. The molecule has 2 aromatic rings. The molecule has 0 aliphatic rings. The topological polar surface area (TPSA) is 37.7 Å². The highest BCUT2D eigenvalue weighted by Gasteiger charge is 2.23. The third-order valence-electron chi connectivity index (χ3n) is 3.86. The second-order valence-electron chi connectivity index (χ2n) is 7.18. The molecule has 0 saturated carbocycles. The first kappa shape index (κ1) is 19.7. The number of halogens is 1. The predicted octanol–water partition coefficient (Wildman–Crippen LogP) is 6.11. The number of hydrogen-bond donors (Lipinski definition) is 0. The summed E-state index contributed by atoms with van der Waals surface area (Å²) < 4.78 is 6.69. The van der Waals surface area contributed by atoms with Crippen LogP contribution < -0.4 is 4.74 Å². The Hall–Kier alpha value is -1.59. The first-order valence-electron chi connectivity index (χ1n) is 8.32. The van der Waals surface area contributed by atoms with Crippen molar-refractivity contribution in [2.75, 3.05) is 13.6 Å². The maximum Gasteiger partial charge on any atom is 0.280 e. The van der Waals surface area contributed by atoms with E-state index in [0.717, 1.165) is 34.8 Å². The highest BCUT2D eigenvalue weighted by atomic mass is 35.5. The number of rotatable bonds is 5. The van der Waals surface area contributed by atoms with Crippen LogP contribution in [-0.2, 0) is 5.41 Å². The quantitative estimate of drug-likeness (QED) is 0.464. The van der Waals surface area contributed by atoms with Crippen molar-refractivity contribution >= 4 is 35.0 Å². The lowest BCUT2D eigenvalue weighted by atomic mass is 9.93. The molecule has 0 radical (unpaired) electrons. The van der Waals surface area contributed by atoms with Crippen LogP contribution in [0.25, 0.3) is 0 Å². The lowest BCUT2D eigenvalue weighted by Crippen LogP contribution is -2.14. The van der Waals surface area contributed by atoms with Gasteiger partial charge in [-0.1, -0.05) is 43.7 Å². The van der Waals surface area contributed by atoms with Gasteiger partial charge in [0.05, 0.1) is 17.7 Å². The van der Waals surface area contributed by atoms with Gasteiger partial charge >= 0.3 is 0 Å². The van der Waals surface area contributed by atoms with Crippen LogP contribution in [0.1, 0.15) is 44.5 Å². The largest absolute Gasteiger partial charge is 0.431 e. The minimum Gasteiger partial charge on any atom is -0.431 e. The summed E-state index contributed by atoms with van der Waals surface area (Å²) in [4.78, 5) is 11.1. The molecule has 2 rings (SSSR count). The summed E-state index contributed by atoms with van der Waals surface area (Å²) in [6.45, 7) is 13.3. The Bertz CT molecular complexity index is 778. The summed E-state index contributed by atoms with van der Waals surface area (Å²) in [5, 5.41) is 0.569. The first-order chi connectivity index (χ1) is 11.6. The normalized spacial score (nSPS) is 12.0. The molecule has 25 heavy (non-hydrogen) atoms. The monoisotopic (exact) mass is 379 g/mol. The van der Waals surface area contributed by atoms with Gasteiger partial charge < -0.3 is 9.64 Å². The summed E-state index contributed by atoms with van der Waals surface area (Å²) in [5.74, 6) is 0.783. The maximum atomic E-state index is 6.33. The smallest absolute Gasteiger partial charge is 0.280 e. The van der Waals surface area contributed by atoms with Gasteiger partial charge in [0.25, 0.3) is 5.19 Å².